The number of rotatable bonds is 10. The Hall–Kier alpha value is -4.50. The van der Waals surface area contributed by atoms with E-state index >= 15 is 0 Å². The van der Waals surface area contributed by atoms with Gasteiger partial charge in [-0.25, -0.2) is 14.8 Å². The number of hydrogen-bond acceptors (Lipinski definition) is 8. The molecule has 10 heteroatoms. The number of esters is 1. The van der Waals surface area contributed by atoms with Gasteiger partial charge in [-0.3, -0.25) is 14.7 Å². The zero-order valence-corrected chi connectivity index (χ0v) is 21.5. The predicted molar refractivity (Wildman–Crippen MR) is 145 cm³/mol. The van der Waals surface area contributed by atoms with Gasteiger partial charge >= 0.3 is 12.1 Å². The van der Waals surface area contributed by atoms with Crippen molar-refractivity contribution in [3.63, 3.8) is 0 Å². The molecule has 9 nitrogen and oxygen atoms in total. The zero-order chi connectivity index (χ0) is 26.7. The Morgan fingerprint density at radius 1 is 0.947 bits per heavy atom. The van der Waals surface area contributed by atoms with Crippen molar-refractivity contribution in [1.29, 1.82) is 0 Å². The van der Waals surface area contributed by atoms with Crippen molar-refractivity contribution in [3.05, 3.63) is 101 Å². The van der Waals surface area contributed by atoms with E-state index in [1.165, 1.54) is 7.11 Å². The lowest BCUT2D eigenvalue weighted by molar-refractivity contribution is -0.140. The van der Waals surface area contributed by atoms with E-state index in [-0.39, 0.29) is 30.7 Å². The highest BCUT2D eigenvalue weighted by atomic mass is 35.5. The number of aromatic nitrogens is 3. The standard InChI is InChI=1S/C28H26ClN5O4/c1-37-26(35)13-15-31-25-17-24(29)32-27(33-25)23-16-21(12-14-30-23)18-34(22-10-6-3-7-11-22)28(36)38-19-20-8-4-2-5-9-20/h2-12,14,16-17H,13,15,18-19H2,1H3,(H,31,32,33). The number of methoxy groups -OCH3 is 1. The van der Waals surface area contributed by atoms with Crippen LogP contribution in [0.3, 0.4) is 0 Å². The number of ether oxygens (including phenoxy) is 2. The largest absolute Gasteiger partial charge is 0.469 e. The van der Waals surface area contributed by atoms with Gasteiger partial charge in [-0.05, 0) is 35.4 Å². The maximum atomic E-state index is 13.1. The van der Waals surface area contributed by atoms with Crippen LogP contribution in [0.1, 0.15) is 17.5 Å². The van der Waals surface area contributed by atoms with E-state index in [9.17, 15) is 9.59 Å². The number of carbonyl (C=O) groups excluding carboxylic acids is 2. The van der Waals surface area contributed by atoms with Crippen LogP contribution in [0.2, 0.25) is 5.15 Å². The molecule has 194 valence electrons. The lowest BCUT2D eigenvalue weighted by atomic mass is 10.2. The summed E-state index contributed by atoms with van der Waals surface area (Å²) in [4.78, 5) is 39.2. The summed E-state index contributed by atoms with van der Waals surface area (Å²) in [5.74, 6) is 0.418. The van der Waals surface area contributed by atoms with E-state index in [0.717, 1.165) is 11.1 Å². The second-order valence-electron chi connectivity index (χ2n) is 8.16. The van der Waals surface area contributed by atoms with Crippen molar-refractivity contribution in [2.24, 2.45) is 0 Å². The molecule has 38 heavy (non-hydrogen) atoms. The highest BCUT2D eigenvalue weighted by Gasteiger charge is 2.19. The van der Waals surface area contributed by atoms with Crippen molar-refractivity contribution in [2.45, 2.75) is 19.6 Å². The molecule has 1 N–H and O–H groups in total. The van der Waals surface area contributed by atoms with Crippen molar-refractivity contribution >= 4 is 35.2 Å². The quantitative estimate of drug-likeness (QED) is 0.211. The van der Waals surface area contributed by atoms with Crippen LogP contribution in [0.15, 0.2) is 85.1 Å². The summed E-state index contributed by atoms with van der Waals surface area (Å²) < 4.78 is 10.3. The molecule has 2 heterocycles. The van der Waals surface area contributed by atoms with Gasteiger partial charge < -0.3 is 14.8 Å². The minimum atomic E-state index is -0.477. The molecule has 0 spiro atoms. The maximum Gasteiger partial charge on any atom is 0.414 e. The van der Waals surface area contributed by atoms with Gasteiger partial charge in [-0.15, -0.1) is 0 Å². The van der Waals surface area contributed by atoms with Crippen LogP contribution in [-0.2, 0) is 27.4 Å². The highest BCUT2D eigenvalue weighted by Crippen LogP contribution is 2.23. The summed E-state index contributed by atoms with van der Waals surface area (Å²) in [5.41, 5.74) is 2.86. The fraction of sp³-hybridized carbons (Fsp3) is 0.179. The van der Waals surface area contributed by atoms with Gasteiger partial charge in [-0.2, -0.15) is 0 Å². The van der Waals surface area contributed by atoms with E-state index in [2.05, 4.69) is 25.0 Å². The third kappa shape index (κ3) is 7.50. The molecule has 0 aliphatic heterocycles. The molecule has 4 rings (SSSR count). The van der Waals surface area contributed by atoms with E-state index in [1.54, 1.807) is 23.2 Å². The average Bonchev–Trinajstić information content (AvgIpc) is 2.95. The molecule has 0 bridgehead atoms. The summed E-state index contributed by atoms with van der Waals surface area (Å²) in [6.07, 6.45) is 1.32. The number of hydrogen-bond donors (Lipinski definition) is 1. The first kappa shape index (κ1) is 26.6. The molecule has 2 aromatic carbocycles. The van der Waals surface area contributed by atoms with Gasteiger partial charge in [0.15, 0.2) is 5.82 Å². The van der Waals surface area contributed by atoms with Crippen LogP contribution in [0.5, 0.6) is 0 Å². The Balaban J connectivity index is 1.52. The normalized spacial score (nSPS) is 10.5. The summed E-state index contributed by atoms with van der Waals surface area (Å²) in [7, 11) is 1.34. The summed E-state index contributed by atoms with van der Waals surface area (Å²) in [6.45, 7) is 0.717. The molecule has 2 aromatic heterocycles. The molecule has 0 saturated carbocycles. The second-order valence-corrected chi connectivity index (χ2v) is 8.55. The first-order valence-electron chi connectivity index (χ1n) is 11.9. The molecule has 0 fully saturated rings. The fourth-order valence-electron chi connectivity index (χ4n) is 3.56. The van der Waals surface area contributed by atoms with Crippen LogP contribution >= 0.6 is 11.6 Å². The molecular formula is C28H26ClN5O4. The lowest BCUT2D eigenvalue weighted by Crippen LogP contribution is -2.31. The molecule has 0 unspecified atom stereocenters. The van der Waals surface area contributed by atoms with E-state index in [1.807, 2.05) is 66.7 Å². The molecule has 0 aliphatic rings. The molecule has 4 aromatic rings. The number of anilines is 2. The zero-order valence-electron chi connectivity index (χ0n) is 20.7. The molecular weight excluding hydrogens is 506 g/mol. The maximum absolute atomic E-state index is 13.1. The lowest BCUT2D eigenvalue weighted by Gasteiger charge is -2.22. The Morgan fingerprint density at radius 2 is 1.68 bits per heavy atom. The number of pyridine rings is 1. The highest BCUT2D eigenvalue weighted by molar-refractivity contribution is 6.29. The van der Waals surface area contributed by atoms with Gasteiger partial charge in [0.2, 0.25) is 0 Å². The number of benzene rings is 2. The van der Waals surface area contributed by atoms with Crippen molar-refractivity contribution in [3.8, 4) is 11.5 Å². The molecule has 0 radical (unpaired) electrons. The SMILES string of the molecule is COC(=O)CCNc1cc(Cl)nc(-c2cc(CN(C(=O)OCc3ccccc3)c3ccccc3)ccn2)n1. The number of para-hydroxylation sites is 1. The number of nitrogens with one attached hydrogen (secondary N) is 1. The Morgan fingerprint density at radius 3 is 2.42 bits per heavy atom. The number of nitrogens with zero attached hydrogens (tertiary/aromatic N) is 4. The first-order chi connectivity index (χ1) is 18.5. The van der Waals surface area contributed by atoms with Gasteiger partial charge in [0.25, 0.3) is 0 Å². The average molecular weight is 532 g/mol. The fourth-order valence-corrected chi connectivity index (χ4v) is 3.74. The van der Waals surface area contributed by atoms with Crippen molar-refractivity contribution in [1.82, 2.24) is 15.0 Å². The van der Waals surface area contributed by atoms with Gasteiger partial charge in [0.05, 0.1) is 20.1 Å². The van der Waals surface area contributed by atoms with Crippen LogP contribution in [0.25, 0.3) is 11.5 Å². The number of carbonyl (C=O) groups is 2. The van der Waals surface area contributed by atoms with E-state index < -0.39 is 6.09 Å². The van der Waals surface area contributed by atoms with Crippen LogP contribution in [0.4, 0.5) is 16.3 Å². The topological polar surface area (TPSA) is 107 Å². The molecule has 1 amide bonds. The van der Waals surface area contributed by atoms with Gasteiger partial charge in [-0.1, -0.05) is 60.1 Å². The number of halogens is 1. The van der Waals surface area contributed by atoms with Gasteiger partial charge in [0, 0.05) is 24.5 Å². The first-order valence-corrected chi connectivity index (χ1v) is 12.2. The monoisotopic (exact) mass is 531 g/mol. The summed E-state index contributed by atoms with van der Waals surface area (Å²) >= 11 is 6.22. The smallest absolute Gasteiger partial charge is 0.414 e. The van der Waals surface area contributed by atoms with E-state index in [0.29, 0.717) is 29.6 Å². The number of amides is 1. The second kappa shape index (κ2) is 13.2. The van der Waals surface area contributed by atoms with Gasteiger partial charge in [0.1, 0.15) is 23.3 Å². The predicted octanol–water partition coefficient (Wildman–Crippen LogP) is 5.51. The van der Waals surface area contributed by atoms with E-state index in [4.69, 9.17) is 16.3 Å². The Kier molecular flexibility index (Phi) is 9.20. The molecule has 0 saturated heterocycles. The Bertz CT molecular complexity index is 1370. The summed E-state index contributed by atoms with van der Waals surface area (Å²) in [5, 5.41) is 3.26. The minimum Gasteiger partial charge on any atom is -0.469 e. The van der Waals surface area contributed by atoms with Crippen molar-refractivity contribution in [2.75, 3.05) is 23.9 Å². The molecule has 0 aliphatic carbocycles. The van der Waals surface area contributed by atoms with Crippen LogP contribution < -0.4 is 10.2 Å². The molecule has 0 atom stereocenters. The third-order valence-electron chi connectivity index (χ3n) is 5.45. The third-order valence-corrected chi connectivity index (χ3v) is 5.64. The van der Waals surface area contributed by atoms with Crippen LogP contribution in [-0.4, -0.2) is 40.7 Å². The Labute approximate surface area is 225 Å². The van der Waals surface area contributed by atoms with Crippen LogP contribution in [0, 0.1) is 0 Å². The minimum absolute atomic E-state index is 0.159. The summed E-state index contributed by atoms with van der Waals surface area (Å²) in [6, 6.07) is 24.0. The van der Waals surface area contributed by atoms with Crippen molar-refractivity contribution < 1.29 is 19.1 Å².